The Morgan fingerprint density at radius 2 is 1.23 bits per heavy atom. The number of Topliss-reactive ketones (excluding diaryl/α,β-unsaturated/α-hetero) is 3. The van der Waals surface area contributed by atoms with Crippen LogP contribution in [0.25, 0.3) is 5.70 Å². The first-order valence-corrected chi connectivity index (χ1v) is 12.7. The summed E-state index contributed by atoms with van der Waals surface area (Å²) < 4.78 is 10.6. The van der Waals surface area contributed by atoms with E-state index in [0.29, 0.717) is 28.3 Å². The maximum Gasteiger partial charge on any atom is 0.222 e. The van der Waals surface area contributed by atoms with E-state index in [1.807, 2.05) is 0 Å². The number of aliphatic hydroxyl groups is 1. The first-order valence-electron chi connectivity index (χ1n) is 12.7. The van der Waals surface area contributed by atoms with Gasteiger partial charge < -0.3 is 19.5 Å². The molecule has 0 aromatic heterocycles. The number of methoxy groups -OCH3 is 2. The van der Waals surface area contributed by atoms with E-state index >= 15 is 0 Å². The van der Waals surface area contributed by atoms with Gasteiger partial charge in [-0.3, -0.25) is 14.4 Å². The van der Waals surface area contributed by atoms with Gasteiger partial charge in [-0.05, 0) is 54.1 Å². The molecule has 0 saturated carbocycles. The molecule has 0 fully saturated rings. The van der Waals surface area contributed by atoms with Gasteiger partial charge in [0.05, 0.1) is 31.9 Å². The summed E-state index contributed by atoms with van der Waals surface area (Å²) in [5.41, 5.74) is -0.883. The number of rotatable bonds is 9. The van der Waals surface area contributed by atoms with Crippen molar-refractivity contribution in [1.82, 2.24) is 0 Å². The molecule has 0 aliphatic carbocycles. The Hall–Kier alpha value is -5.01. The molecule has 1 heterocycles. The number of ether oxygens (including phenoxy) is 2. The van der Waals surface area contributed by atoms with Crippen molar-refractivity contribution in [1.29, 1.82) is 0 Å². The molecule has 40 heavy (non-hydrogen) atoms. The van der Waals surface area contributed by atoms with Crippen molar-refractivity contribution in [2.45, 2.75) is 12.1 Å². The third kappa shape index (κ3) is 4.79. The molecule has 1 aliphatic heterocycles. The molecule has 1 unspecified atom stereocenters. The molecule has 0 saturated heterocycles. The second kappa shape index (κ2) is 11.0. The smallest absolute Gasteiger partial charge is 0.222 e. The van der Waals surface area contributed by atoms with E-state index in [-0.39, 0.29) is 16.8 Å². The number of carbonyl (C=O) groups excluding carboxylic acids is 3. The molecule has 0 radical (unpaired) electrons. The average Bonchev–Trinajstić information content (AvgIpc) is 3.23. The van der Waals surface area contributed by atoms with E-state index in [2.05, 4.69) is 0 Å². The largest absolute Gasteiger partial charge is 0.497 e. The monoisotopic (exact) mass is 533 g/mol. The highest BCUT2D eigenvalue weighted by Gasteiger charge is 2.55. The third-order valence-corrected chi connectivity index (χ3v) is 6.88. The summed E-state index contributed by atoms with van der Waals surface area (Å²) in [6.45, 7) is 0. The SMILES string of the molecule is COc1ccc(C2=C(C(=O)c3ccccc3)C(=O)C(O)(CC(=O)c3ccccc3)N2c2ccc(OC)cc2)cc1. The van der Waals surface area contributed by atoms with Gasteiger partial charge in [0.2, 0.25) is 11.5 Å². The molecular formula is C33H27NO6. The molecule has 1 aliphatic rings. The van der Waals surface area contributed by atoms with Gasteiger partial charge in [-0.1, -0.05) is 60.7 Å². The molecule has 1 N–H and O–H groups in total. The molecule has 0 spiro atoms. The van der Waals surface area contributed by atoms with Crippen molar-refractivity contribution >= 4 is 28.7 Å². The van der Waals surface area contributed by atoms with Crippen molar-refractivity contribution < 1.29 is 29.0 Å². The summed E-state index contributed by atoms with van der Waals surface area (Å²) >= 11 is 0. The topological polar surface area (TPSA) is 93.1 Å². The maximum atomic E-state index is 14.3. The van der Waals surface area contributed by atoms with E-state index in [1.54, 1.807) is 109 Å². The van der Waals surface area contributed by atoms with Gasteiger partial charge >= 0.3 is 0 Å². The molecular weight excluding hydrogens is 506 g/mol. The minimum absolute atomic E-state index is 0.190. The standard InChI is InChI=1S/C33H27NO6/c1-39-26-17-13-23(14-18-26)30-29(31(36)24-11-7-4-8-12-24)32(37)33(38,21-28(35)22-9-5-3-6-10-22)34(30)25-15-19-27(40-2)20-16-25/h3-20,38H,21H2,1-2H3. The van der Waals surface area contributed by atoms with Gasteiger partial charge in [-0.2, -0.15) is 0 Å². The third-order valence-electron chi connectivity index (χ3n) is 6.88. The lowest BCUT2D eigenvalue weighted by Crippen LogP contribution is -2.51. The number of hydrogen-bond acceptors (Lipinski definition) is 7. The summed E-state index contributed by atoms with van der Waals surface area (Å²) in [4.78, 5) is 43.0. The zero-order valence-electron chi connectivity index (χ0n) is 22.0. The van der Waals surface area contributed by atoms with E-state index in [1.165, 1.54) is 19.1 Å². The summed E-state index contributed by atoms with van der Waals surface area (Å²) in [7, 11) is 3.07. The molecule has 4 aromatic rings. The molecule has 200 valence electrons. The molecule has 7 heteroatoms. The Morgan fingerprint density at radius 1 is 0.725 bits per heavy atom. The first kappa shape index (κ1) is 26.6. The molecule has 4 aromatic carbocycles. The van der Waals surface area contributed by atoms with Gasteiger partial charge in [0.15, 0.2) is 11.6 Å². The second-order valence-electron chi connectivity index (χ2n) is 9.29. The second-order valence-corrected chi connectivity index (χ2v) is 9.29. The lowest BCUT2D eigenvalue weighted by atomic mass is 9.91. The fourth-order valence-corrected chi connectivity index (χ4v) is 4.86. The quantitative estimate of drug-likeness (QED) is 0.229. The van der Waals surface area contributed by atoms with Gasteiger partial charge in [-0.25, -0.2) is 0 Å². The first-order chi connectivity index (χ1) is 19.4. The molecule has 0 amide bonds. The minimum atomic E-state index is -2.38. The van der Waals surface area contributed by atoms with Crippen LogP contribution in [0.15, 0.2) is 115 Å². The highest BCUT2D eigenvalue weighted by Crippen LogP contribution is 2.45. The Balaban J connectivity index is 1.74. The van der Waals surface area contributed by atoms with Gasteiger partial charge in [0, 0.05) is 16.8 Å². The number of nitrogens with zero attached hydrogens (tertiary/aromatic N) is 1. The number of hydrogen-bond donors (Lipinski definition) is 1. The van der Waals surface area contributed by atoms with Crippen molar-refractivity contribution in [2.75, 3.05) is 19.1 Å². The van der Waals surface area contributed by atoms with Crippen LogP contribution in [0.3, 0.4) is 0 Å². The van der Waals surface area contributed by atoms with Gasteiger partial charge in [0.1, 0.15) is 11.5 Å². The Morgan fingerprint density at radius 3 is 1.75 bits per heavy atom. The number of ketones is 3. The zero-order valence-corrected chi connectivity index (χ0v) is 22.0. The summed E-state index contributed by atoms with van der Waals surface area (Å²) in [6, 6.07) is 30.4. The fourth-order valence-electron chi connectivity index (χ4n) is 4.86. The number of carbonyl (C=O) groups is 3. The molecule has 7 nitrogen and oxygen atoms in total. The Kier molecular flexibility index (Phi) is 7.31. The van der Waals surface area contributed by atoms with Crippen LogP contribution in [0.5, 0.6) is 11.5 Å². The lowest BCUT2D eigenvalue weighted by Gasteiger charge is -2.35. The fraction of sp³-hybridized carbons (Fsp3) is 0.121. The molecule has 5 rings (SSSR count). The summed E-state index contributed by atoms with van der Waals surface area (Å²) in [5.74, 6) is -0.716. The maximum absolute atomic E-state index is 14.3. The van der Waals surface area contributed by atoms with Crippen LogP contribution >= 0.6 is 0 Å². The van der Waals surface area contributed by atoms with Crippen molar-refractivity contribution in [3.63, 3.8) is 0 Å². The molecule has 0 bridgehead atoms. The van der Waals surface area contributed by atoms with Crippen LogP contribution in [0.4, 0.5) is 5.69 Å². The van der Waals surface area contributed by atoms with Crippen LogP contribution in [-0.2, 0) is 4.79 Å². The number of anilines is 1. The summed E-state index contributed by atoms with van der Waals surface area (Å²) in [6.07, 6.45) is -0.576. The van der Waals surface area contributed by atoms with Crippen LogP contribution in [-0.4, -0.2) is 42.4 Å². The van der Waals surface area contributed by atoms with E-state index in [9.17, 15) is 19.5 Å². The van der Waals surface area contributed by atoms with E-state index < -0.39 is 29.5 Å². The molecule has 1 atom stereocenters. The average molecular weight is 534 g/mol. The zero-order chi connectivity index (χ0) is 28.3. The van der Waals surface area contributed by atoms with Gasteiger partial charge in [0.25, 0.3) is 0 Å². The van der Waals surface area contributed by atoms with Crippen LogP contribution < -0.4 is 14.4 Å². The highest BCUT2D eigenvalue weighted by molar-refractivity contribution is 6.37. The Bertz CT molecular complexity index is 1580. The highest BCUT2D eigenvalue weighted by atomic mass is 16.5. The van der Waals surface area contributed by atoms with Crippen molar-refractivity contribution in [3.8, 4) is 11.5 Å². The van der Waals surface area contributed by atoms with Crippen LogP contribution in [0, 0.1) is 0 Å². The van der Waals surface area contributed by atoms with Gasteiger partial charge in [-0.15, -0.1) is 0 Å². The number of benzene rings is 4. The summed E-state index contributed by atoms with van der Waals surface area (Å²) in [5, 5.41) is 12.2. The minimum Gasteiger partial charge on any atom is -0.497 e. The van der Waals surface area contributed by atoms with Crippen molar-refractivity contribution in [3.05, 3.63) is 131 Å². The van der Waals surface area contributed by atoms with Crippen LogP contribution in [0.2, 0.25) is 0 Å². The Labute approximate surface area is 231 Å². The van der Waals surface area contributed by atoms with E-state index in [0.717, 1.165) is 0 Å². The predicted molar refractivity (Wildman–Crippen MR) is 152 cm³/mol. The lowest BCUT2D eigenvalue weighted by molar-refractivity contribution is -0.130. The predicted octanol–water partition coefficient (Wildman–Crippen LogP) is 5.35. The van der Waals surface area contributed by atoms with Crippen molar-refractivity contribution in [2.24, 2.45) is 0 Å². The van der Waals surface area contributed by atoms with E-state index in [4.69, 9.17) is 9.47 Å². The normalized spacial score (nSPS) is 16.7. The van der Waals surface area contributed by atoms with Crippen LogP contribution in [0.1, 0.15) is 32.7 Å².